The van der Waals surface area contributed by atoms with E-state index in [0.717, 1.165) is 48.9 Å². The number of carbonyl (C=O) groups excluding carboxylic acids is 14. The third-order valence-electron chi connectivity index (χ3n) is 19.1. The minimum absolute atomic E-state index is 0.0915. The van der Waals surface area contributed by atoms with Crippen LogP contribution in [0.25, 0.3) is 50.8 Å². The molecule has 8 N–H and O–H groups in total. The Morgan fingerprint density at radius 1 is 0.315 bits per heavy atom. The van der Waals surface area contributed by atoms with E-state index in [1.807, 2.05) is 38.1 Å². The van der Waals surface area contributed by atoms with Crippen molar-refractivity contribution < 1.29 is 86.9 Å². The molecule has 6 atom stereocenters. The minimum atomic E-state index is -1.40. The monoisotopic (exact) mass is 1540 g/mol. The second-order valence-electron chi connectivity index (χ2n) is 26.5. The Hall–Kier alpha value is -11.5. The van der Waals surface area contributed by atoms with Gasteiger partial charge in [-0.2, -0.15) is 0 Å². The van der Waals surface area contributed by atoms with Crippen LogP contribution in [0, 0.1) is 0 Å². The Kier molecular flexibility index (Phi) is 22.2. The van der Waals surface area contributed by atoms with Gasteiger partial charge >= 0.3 is 11.9 Å². The second kappa shape index (κ2) is 31.5. The highest BCUT2D eigenvalue weighted by molar-refractivity contribution is 7.29. The molecule has 14 amide bonds. The third kappa shape index (κ3) is 14.8. The number of amides is 14. The molecule has 28 nitrogen and oxygen atoms in total. The number of hydrogen-bond acceptors (Lipinski definition) is 20. The molecule has 0 spiro atoms. The van der Waals surface area contributed by atoms with E-state index in [9.17, 15) is 86.9 Å². The van der Waals surface area contributed by atoms with Gasteiger partial charge in [0.25, 0.3) is 59.1 Å². The molecule has 12 rings (SSSR count). The first-order valence-corrected chi connectivity index (χ1v) is 38.2. The van der Waals surface area contributed by atoms with E-state index in [2.05, 4.69) is 31.9 Å². The van der Waals surface area contributed by atoms with Gasteiger partial charge in [0, 0.05) is 121 Å². The number of carboxylic acids is 2. The molecule has 108 heavy (non-hydrogen) atoms. The molecule has 32 heteroatoms. The summed E-state index contributed by atoms with van der Waals surface area (Å²) in [7, 11) is 0. The van der Waals surface area contributed by atoms with Crippen LogP contribution in [0.5, 0.6) is 0 Å². The van der Waals surface area contributed by atoms with E-state index < -0.39 is 131 Å². The first kappa shape index (κ1) is 76.2. The standard InChI is InChI=1S/C76H72N10O18S4/c1-7-31-83-67(93)39-15-19-43-59-44(20-16-40(57(39)59)68(83)94)72(98)85(71(43)97)33-11-9-13-47(75(101)102)81-63(89)37(5)77-61(87)35(3)79-65(91)55-29-27-53(107-55)51-25-23-49(105-51)50-24-26-52(106-50)54-28-30-56(108-54)66(92)80-36(4)62(88)78-38(6)64(90)82-48(76(103)104)14-10-12-34-86-73(99)45-21-17-41-58-42(18-22-46(60(45)58)74(86)100)70(96)84(32-8-2)69(41)95/h15-30,35-38,47-48H,7-14,31-34H2,1-6H3,(H,77,87)(H,78,88)(H,79,91)(H,80,92)(H,81,89)(H,82,90)(H,101,102)(H,103,104)/t35-,36-,37-,38-,47-,48-/m0/s1. The fourth-order valence-corrected chi connectivity index (χ4v) is 17.5. The van der Waals surface area contributed by atoms with Crippen LogP contribution in [0.4, 0.5) is 0 Å². The molecular formula is C76H72N10O18S4. The number of hydrogen-bond donors (Lipinski definition) is 8. The molecule has 8 aromatic rings. The summed E-state index contributed by atoms with van der Waals surface area (Å²) in [6, 6.07) is 18.8. The fourth-order valence-electron chi connectivity index (χ4n) is 13.4. The van der Waals surface area contributed by atoms with Gasteiger partial charge in [-0.15, -0.1) is 45.3 Å². The highest BCUT2D eigenvalue weighted by Gasteiger charge is 2.42. The number of carbonyl (C=O) groups is 16. The summed E-state index contributed by atoms with van der Waals surface area (Å²) >= 11 is 5.36. The summed E-state index contributed by atoms with van der Waals surface area (Å²) in [6.07, 6.45) is 1.54. The second-order valence-corrected chi connectivity index (χ2v) is 30.8. The lowest BCUT2D eigenvalue weighted by atomic mass is 9.86. The molecule has 0 fully saturated rings. The smallest absolute Gasteiger partial charge is 0.326 e. The molecule has 0 unspecified atom stereocenters. The highest BCUT2D eigenvalue weighted by atomic mass is 32.1. The van der Waals surface area contributed by atoms with Crippen molar-refractivity contribution in [1.82, 2.24) is 51.5 Å². The predicted octanol–water partition coefficient (Wildman–Crippen LogP) is 8.57. The predicted molar refractivity (Wildman–Crippen MR) is 400 cm³/mol. The molecule has 4 aliphatic heterocycles. The van der Waals surface area contributed by atoms with Crippen molar-refractivity contribution in [2.24, 2.45) is 0 Å². The van der Waals surface area contributed by atoms with Crippen molar-refractivity contribution in [2.45, 2.75) is 129 Å². The summed E-state index contributed by atoms with van der Waals surface area (Å²) < 4.78 is 0. The Bertz CT molecular complexity index is 4730. The summed E-state index contributed by atoms with van der Waals surface area (Å²) in [6.45, 7) is 9.47. The maximum Gasteiger partial charge on any atom is 0.326 e. The lowest BCUT2D eigenvalue weighted by Gasteiger charge is -2.31. The van der Waals surface area contributed by atoms with Gasteiger partial charge in [0.2, 0.25) is 23.6 Å². The SMILES string of the molecule is CCCN1C(=O)c2ccc3c4c(ccc(c24)C1=O)C(=O)N(CCCC[C@H](NC(=O)[C@H](C)NC(=O)[C@H](C)NC(=O)c1ccc(-c2ccc(-c4ccc(-c5ccc(C(=O)N[C@@H](C)C(=O)N[C@@H](C)C(=O)N[C@@H](CCCCN6C(=O)c7ccc8c9c(ccc(c79)C6=O)C(=O)N(CCC)C8=O)C(=O)O)s5)s4)s2)s1)C(=O)O)C3=O. The topological polar surface area (TPSA) is 399 Å². The molecule has 4 aromatic carbocycles. The molecule has 8 heterocycles. The average Bonchev–Trinajstić information content (AvgIpc) is 0.835. The number of nitrogens with zero attached hydrogens (tertiary/aromatic N) is 4. The summed E-state index contributed by atoms with van der Waals surface area (Å²) in [5.41, 5.74) is 1.49. The van der Waals surface area contributed by atoms with E-state index in [4.69, 9.17) is 0 Å². The van der Waals surface area contributed by atoms with Crippen LogP contribution in [-0.2, 0) is 28.8 Å². The van der Waals surface area contributed by atoms with Crippen molar-refractivity contribution in [3.63, 3.8) is 0 Å². The van der Waals surface area contributed by atoms with Gasteiger partial charge in [-0.05, 0) is 176 Å². The van der Waals surface area contributed by atoms with Gasteiger partial charge < -0.3 is 42.1 Å². The molecule has 0 saturated carbocycles. The zero-order valence-corrected chi connectivity index (χ0v) is 62.3. The molecule has 4 aliphatic rings. The van der Waals surface area contributed by atoms with E-state index in [1.54, 1.807) is 24.3 Å². The summed E-state index contributed by atoms with van der Waals surface area (Å²) in [5, 5.41) is 36.2. The maximum absolute atomic E-state index is 13.8. The third-order valence-corrected chi connectivity index (χ3v) is 24.0. The van der Waals surface area contributed by atoms with E-state index in [1.165, 1.54) is 122 Å². The Morgan fingerprint density at radius 2 is 0.546 bits per heavy atom. The number of unbranched alkanes of at least 4 members (excludes halogenated alkanes) is 2. The van der Waals surface area contributed by atoms with Crippen LogP contribution in [0.2, 0.25) is 0 Å². The van der Waals surface area contributed by atoms with Crippen molar-refractivity contribution >= 4 is 162 Å². The lowest BCUT2D eigenvalue weighted by molar-refractivity contribution is -0.142. The van der Waals surface area contributed by atoms with Crippen LogP contribution >= 0.6 is 45.3 Å². The van der Waals surface area contributed by atoms with E-state index in [-0.39, 0.29) is 131 Å². The first-order valence-electron chi connectivity index (χ1n) is 34.9. The number of nitrogens with one attached hydrogen (secondary N) is 6. The van der Waals surface area contributed by atoms with Gasteiger partial charge in [0.05, 0.1) is 9.75 Å². The number of carboxylic acid groups (broad SMARTS) is 2. The highest BCUT2D eigenvalue weighted by Crippen LogP contribution is 2.44. The van der Waals surface area contributed by atoms with Crippen LogP contribution in [0.15, 0.2) is 97.1 Å². The van der Waals surface area contributed by atoms with E-state index in [0.29, 0.717) is 22.6 Å². The lowest BCUT2D eigenvalue weighted by Crippen LogP contribution is -2.54. The van der Waals surface area contributed by atoms with Gasteiger partial charge in [-0.3, -0.25) is 86.7 Å². The number of imide groups is 4. The molecular weight excluding hydrogens is 1470 g/mol. The van der Waals surface area contributed by atoms with Crippen molar-refractivity contribution in [1.29, 1.82) is 0 Å². The van der Waals surface area contributed by atoms with Gasteiger partial charge in [0.1, 0.15) is 36.3 Å². The summed E-state index contributed by atoms with van der Waals surface area (Å²) in [4.78, 5) is 223. The minimum Gasteiger partial charge on any atom is -0.480 e. The van der Waals surface area contributed by atoms with Crippen molar-refractivity contribution in [2.75, 3.05) is 26.2 Å². The number of benzene rings is 4. The first-order chi connectivity index (χ1) is 51.6. The zero-order chi connectivity index (χ0) is 77.4. The Morgan fingerprint density at radius 3 is 0.806 bits per heavy atom. The molecule has 0 saturated heterocycles. The average molecular weight is 1540 g/mol. The Balaban J connectivity index is 0.557. The summed E-state index contributed by atoms with van der Waals surface area (Å²) in [5.74, 6) is -11.4. The van der Waals surface area contributed by atoms with Crippen molar-refractivity contribution in [3.05, 3.63) is 151 Å². The largest absolute Gasteiger partial charge is 0.480 e. The normalized spacial score (nSPS) is 15.4. The van der Waals surface area contributed by atoms with Gasteiger partial charge in [0.15, 0.2) is 0 Å². The number of aliphatic carboxylic acids is 2. The fraction of sp³-hybridized carbons (Fsp3) is 0.316. The van der Waals surface area contributed by atoms with Gasteiger partial charge in [-0.25, -0.2) is 9.59 Å². The van der Waals surface area contributed by atoms with Crippen molar-refractivity contribution in [3.8, 4) is 29.3 Å². The maximum atomic E-state index is 13.8. The Labute approximate surface area is 632 Å². The van der Waals surface area contributed by atoms with Crippen LogP contribution in [0.3, 0.4) is 0 Å². The van der Waals surface area contributed by atoms with E-state index >= 15 is 0 Å². The zero-order valence-electron chi connectivity index (χ0n) is 59.0. The molecule has 4 aromatic heterocycles. The van der Waals surface area contributed by atoms with Crippen LogP contribution in [-0.4, -0.2) is 187 Å². The molecule has 558 valence electrons. The van der Waals surface area contributed by atoms with Crippen LogP contribution in [0.1, 0.15) is 195 Å². The van der Waals surface area contributed by atoms with Gasteiger partial charge in [-0.1, -0.05) is 13.8 Å². The number of rotatable bonds is 31. The van der Waals surface area contributed by atoms with Crippen LogP contribution < -0.4 is 31.9 Å². The number of thiophene rings is 4. The molecule has 0 radical (unpaired) electrons. The molecule has 0 aliphatic carbocycles. The quantitative estimate of drug-likeness (QED) is 0.0149. The molecule has 0 bridgehead atoms.